The van der Waals surface area contributed by atoms with Crippen molar-refractivity contribution in [2.45, 2.75) is 109 Å². The lowest BCUT2D eigenvalue weighted by Crippen LogP contribution is -2.05. The number of benzene rings is 2. The zero-order valence-corrected chi connectivity index (χ0v) is 24.8. The first-order valence-electron chi connectivity index (χ1n) is 13.9. The molecule has 2 aromatic carbocycles. The first kappa shape index (κ1) is 33.8. The molecule has 34 heavy (non-hydrogen) atoms. The second kappa shape index (κ2) is 19.0. The Morgan fingerprint density at radius 1 is 0.794 bits per heavy atom. The van der Waals surface area contributed by atoms with E-state index in [-0.39, 0.29) is 0 Å². The quantitative estimate of drug-likeness (QED) is 0.416. The van der Waals surface area contributed by atoms with Gasteiger partial charge in [-0.05, 0) is 69.8 Å². The van der Waals surface area contributed by atoms with Crippen LogP contribution in [0.1, 0.15) is 129 Å². The molecule has 0 fully saturated rings. The van der Waals surface area contributed by atoms with Crippen LogP contribution in [0.25, 0.3) is 29.0 Å². The van der Waals surface area contributed by atoms with Crippen molar-refractivity contribution in [3.05, 3.63) is 75.9 Å². The summed E-state index contributed by atoms with van der Waals surface area (Å²) in [6.45, 7) is 30.9. The zero-order chi connectivity index (χ0) is 26.8. The van der Waals surface area contributed by atoms with Crippen LogP contribution in [-0.2, 0) is 6.42 Å². The van der Waals surface area contributed by atoms with Crippen LogP contribution in [0.4, 0.5) is 0 Å². The van der Waals surface area contributed by atoms with Gasteiger partial charge in [-0.1, -0.05) is 144 Å². The largest absolute Gasteiger partial charge is 0.0984 e. The van der Waals surface area contributed by atoms with E-state index in [9.17, 15) is 0 Å². The van der Waals surface area contributed by atoms with Gasteiger partial charge in [0.2, 0.25) is 0 Å². The monoisotopic (exact) mass is 462 g/mol. The fraction of sp³-hybridized carbons (Fsp3) is 0.471. The summed E-state index contributed by atoms with van der Waals surface area (Å²) >= 11 is 0. The summed E-state index contributed by atoms with van der Waals surface area (Å²) in [5.74, 6) is 0.482. The molecular weight excluding hydrogens is 408 g/mol. The highest BCUT2D eigenvalue weighted by molar-refractivity contribution is 6.04. The highest BCUT2D eigenvalue weighted by Gasteiger charge is 2.23. The summed E-state index contributed by atoms with van der Waals surface area (Å²) < 4.78 is 0. The van der Waals surface area contributed by atoms with Crippen molar-refractivity contribution in [3.63, 3.8) is 0 Å². The number of hydrogen-bond donors (Lipinski definition) is 0. The number of fused-ring (bicyclic) bond motifs is 3. The summed E-state index contributed by atoms with van der Waals surface area (Å²) in [5, 5.41) is 2.81. The van der Waals surface area contributed by atoms with Crippen molar-refractivity contribution in [1.82, 2.24) is 0 Å². The molecule has 0 N–H and O–H groups in total. The normalized spacial score (nSPS) is 11.8. The van der Waals surface area contributed by atoms with Crippen LogP contribution in [0.2, 0.25) is 0 Å². The smallest absolute Gasteiger partial charge is 0.00487 e. The summed E-state index contributed by atoms with van der Waals surface area (Å²) in [5.41, 5.74) is 9.95. The zero-order valence-electron chi connectivity index (χ0n) is 24.8. The lowest BCUT2D eigenvalue weighted by molar-refractivity contribution is 0.870. The average molecular weight is 463 g/mol. The third kappa shape index (κ3) is 7.59. The third-order valence-electron chi connectivity index (χ3n) is 5.39. The molecular formula is C34H54. The van der Waals surface area contributed by atoms with Crippen molar-refractivity contribution >= 4 is 29.0 Å². The molecule has 0 aromatic heterocycles. The second-order valence-corrected chi connectivity index (χ2v) is 7.27. The van der Waals surface area contributed by atoms with Crippen LogP contribution in [0.15, 0.2) is 42.5 Å². The van der Waals surface area contributed by atoms with E-state index in [0.717, 1.165) is 12.8 Å². The fourth-order valence-electron chi connectivity index (χ4n) is 4.32. The Morgan fingerprint density at radius 2 is 1.38 bits per heavy atom. The van der Waals surface area contributed by atoms with Gasteiger partial charge in [-0.2, -0.15) is 0 Å². The predicted molar refractivity (Wildman–Crippen MR) is 164 cm³/mol. The number of allylic oxidation sites excluding steroid dienone is 4. The van der Waals surface area contributed by atoms with E-state index in [4.69, 9.17) is 0 Å². The highest BCUT2D eigenvalue weighted by Crippen LogP contribution is 2.42. The summed E-state index contributed by atoms with van der Waals surface area (Å²) in [4.78, 5) is 0. The molecule has 0 saturated heterocycles. The SMILES string of the molecule is C=Cc1ccc(C)c2c3c4c(c(C(C)C)c12)C=CCC(=CC=C3)C4.CC.CC.CC.CC.CC. The van der Waals surface area contributed by atoms with Gasteiger partial charge in [0.1, 0.15) is 0 Å². The summed E-state index contributed by atoms with van der Waals surface area (Å²) in [6, 6.07) is 4.46. The predicted octanol–water partition coefficient (Wildman–Crippen LogP) is 12.0. The van der Waals surface area contributed by atoms with Crippen molar-refractivity contribution in [2.24, 2.45) is 0 Å². The van der Waals surface area contributed by atoms with E-state index in [1.807, 2.05) is 75.3 Å². The Labute approximate surface area is 213 Å². The Kier molecular flexibility index (Phi) is 18.9. The van der Waals surface area contributed by atoms with Gasteiger partial charge in [-0.25, -0.2) is 0 Å². The van der Waals surface area contributed by atoms with Crippen LogP contribution in [0.3, 0.4) is 0 Å². The lowest BCUT2D eigenvalue weighted by Gasteiger charge is -2.23. The van der Waals surface area contributed by atoms with Crippen LogP contribution >= 0.6 is 0 Å². The molecule has 0 aliphatic heterocycles. The molecule has 0 atom stereocenters. The Hall–Kier alpha value is -2.34. The maximum Gasteiger partial charge on any atom is -0.00487 e. The molecule has 2 aliphatic carbocycles. The molecule has 0 radical (unpaired) electrons. The Bertz CT molecular complexity index is 946. The molecule has 190 valence electrons. The molecule has 0 spiro atoms. The first-order chi connectivity index (χ1) is 16.6. The van der Waals surface area contributed by atoms with Crippen LogP contribution in [-0.4, -0.2) is 0 Å². The minimum atomic E-state index is 0.482. The maximum atomic E-state index is 4.08. The van der Waals surface area contributed by atoms with Gasteiger partial charge >= 0.3 is 0 Å². The summed E-state index contributed by atoms with van der Waals surface area (Å²) in [7, 11) is 0. The number of aryl methyl sites for hydroxylation is 1. The molecule has 2 bridgehead atoms. The van der Waals surface area contributed by atoms with Gasteiger partial charge in [-0.15, -0.1) is 0 Å². The number of hydrogen-bond acceptors (Lipinski definition) is 0. The standard InChI is InChI=1S/C24H24.5C2H6/c1-5-18-13-12-16(4)23-20-11-7-9-17-8-6-10-19(21(20)14-17)22(15(2)3)24(18)23;5*1-2/h5-7,9-13,15H,1,8,14H2,2-4H3;5*1-2H3. The first-order valence-corrected chi connectivity index (χ1v) is 13.9. The van der Waals surface area contributed by atoms with Gasteiger partial charge in [0.15, 0.2) is 0 Å². The van der Waals surface area contributed by atoms with Gasteiger partial charge in [-0.3, -0.25) is 0 Å². The molecule has 0 heteroatoms. The molecule has 4 rings (SSSR count). The van der Waals surface area contributed by atoms with E-state index in [1.54, 1.807) is 0 Å². The Balaban J connectivity index is 0. The van der Waals surface area contributed by atoms with Crippen LogP contribution in [0.5, 0.6) is 0 Å². The molecule has 0 heterocycles. The topological polar surface area (TPSA) is 0 Å². The highest BCUT2D eigenvalue weighted by atomic mass is 14.3. The van der Waals surface area contributed by atoms with Crippen molar-refractivity contribution in [1.29, 1.82) is 0 Å². The van der Waals surface area contributed by atoms with E-state index in [1.165, 1.54) is 49.7 Å². The second-order valence-electron chi connectivity index (χ2n) is 7.27. The van der Waals surface area contributed by atoms with Crippen LogP contribution in [0, 0.1) is 6.92 Å². The molecule has 0 saturated carbocycles. The minimum Gasteiger partial charge on any atom is -0.0984 e. The van der Waals surface area contributed by atoms with E-state index >= 15 is 0 Å². The average Bonchev–Trinajstić information content (AvgIpc) is 3.25. The fourth-order valence-corrected chi connectivity index (χ4v) is 4.32. The van der Waals surface area contributed by atoms with Gasteiger partial charge in [0, 0.05) is 0 Å². The molecule has 0 nitrogen and oxygen atoms in total. The Morgan fingerprint density at radius 3 is 1.91 bits per heavy atom. The molecule has 2 aliphatic rings. The number of rotatable bonds is 2. The van der Waals surface area contributed by atoms with Crippen molar-refractivity contribution in [3.8, 4) is 0 Å². The van der Waals surface area contributed by atoms with Crippen molar-refractivity contribution in [2.75, 3.05) is 0 Å². The van der Waals surface area contributed by atoms with Crippen molar-refractivity contribution < 1.29 is 0 Å². The minimum absolute atomic E-state index is 0.482. The van der Waals surface area contributed by atoms with E-state index in [2.05, 4.69) is 69.9 Å². The molecule has 2 aromatic rings. The van der Waals surface area contributed by atoms with Crippen LogP contribution < -0.4 is 0 Å². The van der Waals surface area contributed by atoms with E-state index in [0.29, 0.717) is 5.92 Å². The van der Waals surface area contributed by atoms with Gasteiger partial charge < -0.3 is 0 Å². The molecule has 0 unspecified atom stereocenters. The van der Waals surface area contributed by atoms with Gasteiger partial charge in [0.25, 0.3) is 0 Å². The summed E-state index contributed by atoms with van der Waals surface area (Å²) in [6.07, 6.45) is 15.7. The maximum absolute atomic E-state index is 4.08. The third-order valence-corrected chi connectivity index (χ3v) is 5.39. The lowest BCUT2D eigenvalue weighted by atomic mass is 9.80. The molecule has 0 amide bonds. The van der Waals surface area contributed by atoms with Gasteiger partial charge in [0.05, 0.1) is 0 Å². The van der Waals surface area contributed by atoms with E-state index < -0.39 is 0 Å².